The van der Waals surface area contributed by atoms with Crippen molar-refractivity contribution in [3.05, 3.63) is 59.1 Å². The van der Waals surface area contributed by atoms with E-state index in [1.165, 1.54) is 0 Å². The summed E-state index contributed by atoms with van der Waals surface area (Å²) in [6, 6.07) is 15.3. The normalized spacial score (nSPS) is 17.0. The van der Waals surface area contributed by atoms with Crippen molar-refractivity contribution in [3.8, 4) is 17.3 Å². The number of Topliss-reactive ketones (excluding diaryl/α,β-unsaturated/α-hetero) is 1. The van der Waals surface area contributed by atoms with Gasteiger partial charge in [-0.2, -0.15) is 5.26 Å². The number of rotatable bonds is 4. The number of hydrogen-bond donors (Lipinski definition) is 0. The van der Waals surface area contributed by atoms with Crippen molar-refractivity contribution >= 4 is 17.4 Å². The minimum absolute atomic E-state index is 0.139. The number of likely N-dealkylation sites (tertiary alicyclic amines) is 1. The molecule has 4 heteroatoms. The van der Waals surface area contributed by atoms with E-state index in [-0.39, 0.29) is 11.7 Å². The minimum Gasteiger partial charge on any atom is -0.310 e. The van der Waals surface area contributed by atoms with Gasteiger partial charge >= 0.3 is 0 Å². The molecule has 1 aliphatic rings. The average Bonchev–Trinajstić information content (AvgIpc) is 3.03. The van der Waals surface area contributed by atoms with Gasteiger partial charge in [-0.25, -0.2) is 0 Å². The van der Waals surface area contributed by atoms with Crippen LogP contribution in [0.3, 0.4) is 0 Å². The van der Waals surface area contributed by atoms with Crippen LogP contribution in [-0.2, 0) is 0 Å². The zero-order valence-electron chi connectivity index (χ0n) is 12.7. The third kappa shape index (κ3) is 3.55. The number of nitrogens with zero attached hydrogens (tertiary/aromatic N) is 2. The van der Waals surface area contributed by atoms with Crippen molar-refractivity contribution in [2.75, 3.05) is 13.1 Å². The second kappa shape index (κ2) is 6.85. The van der Waals surface area contributed by atoms with E-state index in [4.69, 9.17) is 16.9 Å². The smallest absolute Gasteiger partial charge is 0.179 e. The van der Waals surface area contributed by atoms with Crippen molar-refractivity contribution in [1.82, 2.24) is 4.90 Å². The number of benzene rings is 2. The van der Waals surface area contributed by atoms with Gasteiger partial charge in [0.25, 0.3) is 0 Å². The number of carbonyl (C=O) groups excluding carboxylic acids is 1. The van der Waals surface area contributed by atoms with Crippen molar-refractivity contribution in [3.63, 3.8) is 0 Å². The molecular weight excluding hydrogens is 308 g/mol. The zero-order chi connectivity index (χ0) is 16.2. The lowest BCUT2D eigenvalue weighted by Crippen LogP contribution is -2.15. The molecule has 1 saturated heterocycles. The highest BCUT2D eigenvalue weighted by Gasteiger charge is 2.24. The molecule has 23 heavy (non-hydrogen) atoms. The predicted molar refractivity (Wildman–Crippen MR) is 91.1 cm³/mol. The Kier molecular flexibility index (Phi) is 4.64. The van der Waals surface area contributed by atoms with Crippen LogP contribution in [0, 0.1) is 17.4 Å². The van der Waals surface area contributed by atoms with Gasteiger partial charge in [-0.1, -0.05) is 54.1 Å². The highest BCUT2D eigenvalue weighted by molar-refractivity contribution is 6.33. The largest absolute Gasteiger partial charge is 0.310 e. The van der Waals surface area contributed by atoms with E-state index in [1.54, 1.807) is 4.90 Å². The molecule has 0 N–H and O–H groups in total. The molecule has 0 saturated carbocycles. The third-order valence-electron chi connectivity index (χ3n) is 4.29. The second-order valence-electron chi connectivity index (χ2n) is 5.89. The van der Waals surface area contributed by atoms with Crippen molar-refractivity contribution < 1.29 is 4.79 Å². The molecule has 116 valence electrons. The molecule has 1 atom stereocenters. The maximum Gasteiger partial charge on any atom is 0.179 e. The number of hydrogen-bond acceptors (Lipinski definition) is 3. The van der Waals surface area contributed by atoms with E-state index in [0.29, 0.717) is 18.0 Å². The Morgan fingerprint density at radius 1 is 1.22 bits per heavy atom. The molecule has 0 aromatic heterocycles. The molecule has 2 aromatic carbocycles. The van der Waals surface area contributed by atoms with E-state index >= 15 is 0 Å². The monoisotopic (exact) mass is 324 g/mol. The summed E-state index contributed by atoms with van der Waals surface area (Å²) in [5.74, 6) is 0.422. The number of ketones is 1. The van der Waals surface area contributed by atoms with E-state index in [2.05, 4.69) is 6.19 Å². The fraction of sp³-hybridized carbons (Fsp3) is 0.263. The van der Waals surface area contributed by atoms with Crippen LogP contribution in [0.5, 0.6) is 0 Å². The topological polar surface area (TPSA) is 44.1 Å². The van der Waals surface area contributed by atoms with Crippen LogP contribution in [0.1, 0.15) is 23.2 Å². The van der Waals surface area contributed by atoms with Gasteiger partial charge in [0, 0.05) is 35.7 Å². The minimum atomic E-state index is 0.139. The second-order valence-corrected chi connectivity index (χ2v) is 6.29. The number of halogens is 1. The summed E-state index contributed by atoms with van der Waals surface area (Å²) in [6.07, 6.45) is 3.56. The lowest BCUT2D eigenvalue weighted by Gasteiger charge is -2.09. The van der Waals surface area contributed by atoms with Gasteiger partial charge in [0.2, 0.25) is 0 Å². The first-order valence-corrected chi connectivity index (χ1v) is 8.08. The Hall–Kier alpha value is -2.31. The van der Waals surface area contributed by atoms with Gasteiger partial charge in [0.15, 0.2) is 12.0 Å². The molecule has 2 aromatic rings. The summed E-state index contributed by atoms with van der Waals surface area (Å²) in [5.41, 5.74) is 2.69. The quantitative estimate of drug-likeness (QED) is 0.619. The lowest BCUT2D eigenvalue weighted by atomic mass is 9.96. The van der Waals surface area contributed by atoms with Crippen LogP contribution in [0.2, 0.25) is 5.02 Å². The zero-order valence-corrected chi connectivity index (χ0v) is 13.5. The SMILES string of the molecule is N#CN1CCC(CC(=O)c2ccc(-c3ccccc3Cl)cc2)C1. The summed E-state index contributed by atoms with van der Waals surface area (Å²) in [4.78, 5) is 14.1. The molecule has 3 rings (SSSR count). The molecule has 1 aliphatic heterocycles. The average molecular weight is 325 g/mol. The summed E-state index contributed by atoms with van der Waals surface area (Å²) in [5, 5.41) is 9.58. The molecule has 0 radical (unpaired) electrons. The molecule has 1 fully saturated rings. The molecule has 1 unspecified atom stereocenters. The van der Waals surface area contributed by atoms with Crippen molar-refractivity contribution in [2.24, 2.45) is 5.92 Å². The Bertz CT molecular complexity index is 749. The van der Waals surface area contributed by atoms with Gasteiger partial charge in [0.1, 0.15) is 0 Å². The molecule has 0 bridgehead atoms. The van der Waals surface area contributed by atoms with E-state index in [0.717, 1.165) is 29.7 Å². The van der Waals surface area contributed by atoms with Gasteiger partial charge in [-0.05, 0) is 24.0 Å². The summed E-state index contributed by atoms with van der Waals surface area (Å²) in [6.45, 7) is 1.46. The van der Waals surface area contributed by atoms with Crippen molar-refractivity contribution in [1.29, 1.82) is 5.26 Å². The molecule has 0 aliphatic carbocycles. The highest BCUT2D eigenvalue weighted by Crippen LogP contribution is 2.28. The Balaban J connectivity index is 1.69. The Morgan fingerprint density at radius 3 is 2.61 bits per heavy atom. The third-order valence-corrected chi connectivity index (χ3v) is 4.62. The van der Waals surface area contributed by atoms with E-state index in [9.17, 15) is 4.79 Å². The fourth-order valence-corrected chi connectivity index (χ4v) is 3.25. The van der Waals surface area contributed by atoms with E-state index < -0.39 is 0 Å². The number of carbonyl (C=O) groups is 1. The molecular formula is C19H17ClN2O. The van der Waals surface area contributed by atoms with Crippen LogP contribution >= 0.6 is 11.6 Å². The summed E-state index contributed by atoms with van der Waals surface area (Å²) < 4.78 is 0. The first-order valence-electron chi connectivity index (χ1n) is 7.70. The lowest BCUT2D eigenvalue weighted by molar-refractivity contribution is 0.0963. The predicted octanol–water partition coefficient (Wildman–Crippen LogP) is 4.38. The highest BCUT2D eigenvalue weighted by atomic mass is 35.5. The van der Waals surface area contributed by atoms with Crippen LogP contribution < -0.4 is 0 Å². The first-order chi connectivity index (χ1) is 11.2. The molecule has 0 amide bonds. The van der Waals surface area contributed by atoms with Crippen LogP contribution in [0.4, 0.5) is 0 Å². The van der Waals surface area contributed by atoms with Crippen LogP contribution in [-0.4, -0.2) is 23.8 Å². The van der Waals surface area contributed by atoms with Crippen LogP contribution in [0.25, 0.3) is 11.1 Å². The Morgan fingerprint density at radius 2 is 1.96 bits per heavy atom. The summed E-state index contributed by atoms with van der Waals surface area (Å²) in [7, 11) is 0. The van der Waals surface area contributed by atoms with Crippen molar-refractivity contribution in [2.45, 2.75) is 12.8 Å². The number of nitriles is 1. The van der Waals surface area contributed by atoms with Gasteiger partial charge in [0.05, 0.1) is 0 Å². The molecule has 3 nitrogen and oxygen atoms in total. The van der Waals surface area contributed by atoms with Gasteiger partial charge in [-0.15, -0.1) is 0 Å². The molecule has 1 heterocycles. The van der Waals surface area contributed by atoms with Gasteiger partial charge < -0.3 is 4.90 Å². The van der Waals surface area contributed by atoms with E-state index in [1.807, 2.05) is 48.5 Å². The van der Waals surface area contributed by atoms with Crippen LogP contribution in [0.15, 0.2) is 48.5 Å². The summed E-state index contributed by atoms with van der Waals surface area (Å²) >= 11 is 6.20. The van der Waals surface area contributed by atoms with Gasteiger partial charge in [-0.3, -0.25) is 4.79 Å². The fourth-order valence-electron chi connectivity index (χ4n) is 3.00. The molecule has 0 spiro atoms. The maximum absolute atomic E-state index is 12.4. The standard InChI is InChI=1S/C19H17ClN2O/c20-18-4-2-1-3-17(18)15-5-7-16(8-6-15)19(23)11-14-9-10-22(12-14)13-21/h1-8,14H,9-12H2. The maximum atomic E-state index is 12.4. The Labute approximate surface area is 141 Å². The first kappa shape index (κ1) is 15.6.